The second kappa shape index (κ2) is 5.92. The molecule has 128 valence electrons. The zero-order valence-corrected chi connectivity index (χ0v) is 12.9. The third-order valence-electron chi connectivity index (χ3n) is 4.25. The molecule has 1 aliphatic rings. The number of anilines is 1. The second-order valence-electron chi connectivity index (χ2n) is 5.61. The Bertz CT molecular complexity index is 879. The summed E-state index contributed by atoms with van der Waals surface area (Å²) in [5, 5.41) is 30.4. The Balaban J connectivity index is 2.20. The summed E-state index contributed by atoms with van der Waals surface area (Å²) in [6.07, 6.45) is -0.360. The number of nitrogens with zero attached hydrogens (tertiary/aromatic N) is 2. The Hall–Kier alpha value is -2.38. The van der Waals surface area contributed by atoms with Crippen molar-refractivity contribution in [1.82, 2.24) is 14.5 Å². The molecule has 0 radical (unpaired) electrons. The van der Waals surface area contributed by atoms with Crippen LogP contribution in [0.4, 0.5) is 5.95 Å². The number of nitrogens with one attached hydrogen (secondary N) is 1. The predicted octanol–water partition coefficient (Wildman–Crippen LogP) is -1.44. The van der Waals surface area contributed by atoms with E-state index in [9.17, 15) is 20.1 Å². The predicted molar refractivity (Wildman–Crippen MR) is 84.7 cm³/mol. The van der Waals surface area contributed by atoms with Gasteiger partial charge >= 0.3 is 0 Å². The Morgan fingerprint density at radius 3 is 2.88 bits per heavy atom. The normalized spacial score (nSPS) is 29.6. The lowest BCUT2D eigenvalue weighted by atomic mass is 9.85. The van der Waals surface area contributed by atoms with E-state index in [0.29, 0.717) is 0 Å². The fraction of sp³-hybridized carbons (Fsp3) is 0.467. The van der Waals surface area contributed by atoms with Crippen molar-refractivity contribution in [3.05, 3.63) is 22.6 Å². The fourth-order valence-electron chi connectivity index (χ4n) is 3.14. The molecule has 0 bridgehead atoms. The van der Waals surface area contributed by atoms with Gasteiger partial charge in [-0.25, -0.2) is 0 Å². The standard InChI is InChI=1S/C15H18N4O5/c1-2-4-15(23)9(6-20)10(7-21)24-13(15)19-5-3-8-11(19)17-14(16)18-12(8)22/h3,5,9-10,13,20-21,23H,6-7H2,1H3,(H3,16,17,18,22)/t9?,10-,13-,15?/m1/s1. The second-order valence-corrected chi connectivity index (χ2v) is 5.61. The first-order valence-corrected chi connectivity index (χ1v) is 7.36. The van der Waals surface area contributed by atoms with Gasteiger partial charge in [-0.3, -0.25) is 9.78 Å². The molecule has 3 rings (SSSR count). The first-order chi connectivity index (χ1) is 11.5. The third kappa shape index (κ3) is 2.28. The van der Waals surface area contributed by atoms with Crippen LogP contribution in [0.5, 0.6) is 0 Å². The summed E-state index contributed by atoms with van der Waals surface area (Å²) in [6.45, 7) is 0.720. The minimum absolute atomic E-state index is 0.0759. The van der Waals surface area contributed by atoms with Crippen LogP contribution in [0.15, 0.2) is 17.1 Å². The summed E-state index contributed by atoms with van der Waals surface area (Å²) in [5.74, 6) is 4.39. The molecule has 0 spiro atoms. The highest BCUT2D eigenvalue weighted by molar-refractivity contribution is 5.76. The van der Waals surface area contributed by atoms with Crippen molar-refractivity contribution in [3.8, 4) is 11.8 Å². The van der Waals surface area contributed by atoms with E-state index >= 15 is 0 Å². The van der Waals surface area contributed by atoms with E-state index in [1.165, 1.54) is 16.8 Å². The van der Waals surface area contributed by atoms with Crippen molar-refractivity contribution < 1.29 is 20.1 Å². The molecule has 1 aliphatic heterocycles. The van der Waals surface area contributed by atoms with E-state index in [4.69, 9.17) is 10.5 Å². The number of aliphatic hydroxyl groups excluding tert-OH is 2. The number of rotatable bonds is 3. The van der Waals surface area contributed by atoms with Gasteiger partial charge in [0, 0.05) is 6.20 Å². The number of fused-ring (bicyclic) bond motifs is 1. The molecule has 4 atom stereocenters. The van der Waals surface area contributed by atoms with Crippen LogP contribution in [0.1, 0.15) is 13.2 Å². The quantitative estimate of drug-likeness (QED) is 0.432. The molecular weight excluding hydrogens is 316 g/mol. The van der Waals surface area contributed by atoms with Crippen LogP contribution >= 0.6 is 0 Å². The van der Waals surface area contributed by atoms with E-state index in [1.54, 1.807) is 6.92 Å². The van der Waals surface area contributed by atoms with Gasteiger partial charge in [0.05, 0.1) is 30.6 Å². The van der Waals surface area contributed by atoms with Gasteiger partial charge in [-0.1, -0.05) is 5.92 Å². The average molecular weight is 334 g/mol. The molecule has 2 aromatic rings. The number of aromatic amines is 1. The van der Waals surface area contributed by atoms with Crippen LogP contribution in [-0.2, 0) is 4.74 Å². The van der Waals surface area contributed by atoms with Crippen LogP contribution in [0.25, 0.3) is 11.0 Å². The lowest BCUT2D eigenvalue weighted by Gasteiger charge is -2.28. The molecule has 0 saturated carbocycles. The van der Waals surface area contributed by atoms with Crippen LogP contribution in [-0.4, -0.2) is 54.8 Å². The van der Waals surface area contributed by atoms with Crippen molar-refractivity contribution in [2.45, 2.75) is 24.9 Å². The number of aromatic nitrogens is 3. The van der Waals surface area contributed by atoms with Gasteiger partial charge in [0.25, 0.3) is 5.56 Å². The molecule has 2 aromatic heterocycles. The number of hydrogen-bond acceptors (Lipinski definition) is 7. The van der Waals surface area contributed by atoms with E-state index in [2.05, 4.69) is 21.8 Å². The number of nitrogens with two attached hydrogens (primary N) is 1. The smallest absolute Gasteiger partial charge is 0.261 e. The monoisotopic (exact) mass is 334 g/mol. The highest BCUT2D eigenvalue weighted by Gasteiger charge is 2.55. The molecule has 6 N–H and O–H groups in total. The SMILES string of the molecule is CC#CC1(O)C(CO)[C@@H](CO)O[C@H]1n1ccc2c(=O)[nH]c(N)nc21. The Morgan fingerprint density at radius 1 is 1.50 bits per heavy atom. The van der Waals surface area contributed by atoms with Crippen molar-refractivity contribution in [2.24, 2.45) is 5.92 Å². The topological polar surface area (TPSA) is 147 Å². The lowest BCUT2D eigenvalue weighted by Crippen LogP contribution is -2.43. The molecule has 9 nitrogen and oxygen atoms in total. The van der Waals surface area contributed by atoms with Crippen molar-refractivity contribution in [1.29, 1.82) is 0 Å². The third-order valence-corrected chi connectivity index (χ3v) is 4.25. The molecule has 2 unspecified atom stereocenters. The van der Waals surface area contributed by atoms with E-state index in [-0.39, 0.29) is 17.0 Å². The molecular formula is C15H18N4O5. The molecule has 3 heterocycles. The van der Waals surface area contributed by atoms with Crippen LogP contribution < -0.4 is 11.3 Å². The van der Waals surface area contributed by atoms with Gasteiger partial charge in [0.2, 0.25) is 5.95 Å². The zero-order valence-electron chi connectivity index (χ0n) is 12.9. The lowest BCUT2D eigenvalue weighted by molar-refractivity contribution is -0.0704. The fourth-order valence-corrected chi connectivity index (χ4v) is 3.14. The molecule has 0 aromatic carbocycles. The van der Waals surface area contributed by atoms with Crippen molar-refractivity contribution >= 4 is 17.0 Å². The molecule has 0 aliphatic carbocycles. The summed E-state index contributed by atoms with van der Waals surface area (Å²) in [7, 11) is 0. The maximum atomic E-state index is 12.0. The van der Waals surface area contributed by atoms with E-state index in [1.807, 2.05) is 0 Å². The minimum Gasteiger partial charge on any atom is -0.396 e. The summed E-state index contributed by atoms with van der Waals surface area (Å²) in [5.41, 5.74) is 3.63. The zero-order chi connectivity index (χ0) is 17.5. The molecule has 0 amide bonds. The summed E-state index contributed by atoms with van der Waals surface area (Å²) in [6, 6.07) is 1.52. The average Bonchev–Trinajstić information content (AvgIpc) is 3.06. The van der Waals surface area contributed by atoms with Gasteiger partial charge in [-0.15, -0.1) is 5.92 Å². The largest absolute Gasteiger partial charge is 0.396 e. The highest BCUT2D eigenvalue weighted by Crippen LogP contribution is 2.43. The number of aliphatic hydroxyl groups is 3. The molecule has 24 heavy (non-hydrogen) atoms. The molecule has 1 fully saturated rings. The van der Waals surface area contributed by atoms with Gasteiger partial charge in [0.1, 0.15) is 0 Å². The molecule has 9 heteroatoms. The van der Waals surface area contributed by atoms with Gasteiger partial charge in [-0.2, -0.15) is 4.98 Å². The summed E-state index contributed by atoms with van der Waals surface area (Å²) < 4.78 is 7.16. The van der Waals surface area contributed by atoms with E-state index in [0.717, 1.165) is 0 Å². The number of H-pyrrole nitrogens is 1. The van der Waals surface area contributed by atoms with Crippen molar-refractivity contribution in [3.63, 3.8) is 0 Å². The van der Waals surface area contributed by atoms with Crippen LogP contribution in [0.3, 0.4) is 0 Å². The van der Waals surface area contributed by atoms with Gasteiger partial charge in [0.15, 0.2) is 17.5 Å². The molecule has 1 saturated heterocycles. The Labute approximate surface area is 136 Å². The number of nitrogen functional groups attached to an aromatic ring is 1. The maximum absolute atomic E-state index is 12.0. The Morgan fingerprint density at radius 2 is 2.25 bits per heavy atom. The first-order valence-electron chi connectivity index (χ1n) is 7.36. The minimum atomic E-state index is -1.76. The Kier molecular flexibility index (Phi) is 4.06. The van der Waals surface area contributed by atoms with Crippen molar-refractivity contribution in [2.75, 3.05) is 18.9 Å². The van der Waals surface area contributed by atoms with Crippen LogP contribution in [0, 0.1) is 17.8 Å². The number of hydrogen-bond donors (Lipinski definition) is 5. The maximum Gasteiger partial charge on any atom is 0.261 e. The van der Waals surface area contributed by atoms with Crippen LogP contribution in [0.2, 0.25) is 0 Å². The van der Waals surface area contributed by atoms with Gasteiger partial charge < -0.3 is 30.4 Å². The van der Waals surface area contributed by atoms with Gasteiger partial charge in [-0.05, 0) is 13.0 Å². The number of ether oxygens (including phenoxy) is 1. The highest BCUT2D eigenvalue weighted by atomic mass is 16.5. The van der Waals surface area contributed by atoms with E-state index < -0.39 is 42.6 Å². The first kappa shape index (κ1) is 16.5. The summed E-state index contributed by atoms with van der Waals surface area (Å²) >= 11 is 0. The summed E-state index contributed by atoms with van der Waals surface area (Å²) in [4.78, 5) is 18.4.